The monoisotopic (exact) mass is 326 g/mol. The molecule has 0 aromatic rings. The number of thioether (sulfide) groups is 2. The van der Waals surface area contributed by atoms with E-state index in [1.165, 1.54) is 28.6 Å². The number of ether oxygens (including phenoxy) is 2. The Morgan fingerprint density at radius 1 is 0.938 bits per heavy atom. The Morgan fingerprint density at radius 3 is 1.88 bits per heavy atom. The predicted molar refractivity (Wildman–Crippen MR) is 72.0 cm³/mol. The molecule has 0 radical (unpaired) electrons. The molecule has 3 aliphatic heterocycles. The van der Waals surface area contributed by atoms with E-state index in [9.17, 15) is 0 Å². The molecule has 4 atom stereocenters. The average Bonchev–Trinajstić information content (AvgIpc) is 3.17. The molecule has 2 nitrogen and oxygen atoms in total. The standard InChI is InChI=1S/C11H18O2S2Se/c1-10(14-4-8-2-12-8)6-16-7-11(1)15-5-9-3-13-9/h8-11H,1-7H2. The first-order valence-electron chi connectivity index (χ1n) is 5.94. The van der Waals surface area contributed by atoms with Crippen LogP contribution in [0.25, 0.3) is 0 Å². The summed E-state index contributed by atoms with van der Waals surface area (Å²) >= 11 is 5.23. The van der Waals surface area contributed by atoms with Crippen LogP contribution in [0, 0.1) is 0 Å². The van der Waals surface area contributed by atoms with Gasteiger partial charge in [0.05, 0.1) is 0 Å². The van der Waals surface area contributed by atoms with Crippen LogP contribution in [0.5, 0.6) is 0 Å². The van der Waals surface area contributed by atoms with Gasteiger partial charge in [0.2, 0.25) is 0 Å². The van der Waals surface area contributed by atoms with Crippen molar-refractivity contribution >= 4 is 38.5 Å². The van der Waals surface area contributed by atoms with Crippen molar-refractivity contribution in [1.82, 2.24) is 0 Å². The topological polar surface area (TPSA) is 25.1 Å². The van der Waals surface area contributed by atoms with Crippen molar-refractivity contribution in [2.45, 2.75) is 39.8 Å². The van der Waals surface area contributed by atoms with Crippen LogP contribution in [0.3, 0.4) is 0 Å². The molecule has 3 rings (SSSR count). The summed E-state index contributed by atoms with van der Waals surface area (Å²) in [6, 6.07) is 0. The molecule has 3 saturated heterocycles. The Kier molecular flexibility index (Phi) is 4.46. The molecular weight excluding hydrogens is 307 g/mol. The van der Waals surface area contributed by atoms with E-state index < -0.39 is 0 Å². The second-order valence-electron chi connectivity index (χ2n) is 4.59. The second kappa shape index (κ2) is 5.85. The minimum atomic E-state index is 0.602. The molecule has 0 aromatic carbocycles. The van der Waals surface area contributed by atoms with Crippen molar-refractivity contribution in [2.24, 2.45) is 0 Å². The van der Waals surface area contributed by atoms with Gasteiger partial charge in [0.1, 0.15) is 0 Å². The molecule has 3 heterocycles. The van der Waals surface area contributed by atoms with Crippen LogP contribution in [0.4, 0.5) is 0 Å². The third kappa shape index (κ3) is 4.11. The van der Waals surface area contributed by atoms with Crippen molar-refractivity contribution in [3.05, 3.63) is 0 Å². The summed E-state index contributed by atoms with van der Waals surface area (Å²) < 4.78 is 10.6. The fraction of sp³-hybridized carbons (Fsp3) is 1.00. The molecule has 0 N–H and O–H groups in total. The van der Waals surface area contributed by atoms with Crippen LogP contribution in [-0.2, 0) is 9.47 Å². The van der Waals surface area contributed by atoms with Gasteiger partial charge < -0.3 is 0 Å². The van der Waals surface area contributed by atoms with E-state index in [1.807, 2.05) is 0 Å². The summed E-state index contributed by atoms with van der Waals surface area (Å²) in [6.45, 7) is 2.03. The van der Waals surface area contributed by atoms with Gasteiger partial charge in [-0.15, -0.1) is 0 Å². The van der Waals surface area contributed by atoms with Crippen LogP contribution in [-0.4, -0.2) is 62.4 Å². The molecule has 16 heavy (non-hydrogen) atoms. The summed E-state index contributed by atoms with van der Waals surface area (Å²) in [5, 5.41) is 4.83. The molecule has 4 unspecified atom stereocenters. The molecule has 0 amide bonds. The van der Waals surface area contributed by atoms with E-state index in [0.717, 1.165) is 38.7 Å². The van der Waals surface area contributed by atoms with Gasteiger partial charge >= 0.3 is 112 Å². The molecular formula is C11H18O2S2Se. The van der Waals surface area contributed by atoms with Crippen molar-refractivity contribution in [3.63, 3.8) is 0 Å². The third-order valence-corrected chi connectivity index (χ3v) is 9.39. The Hall–Kier alpha value is 1.14. The summed E-state index contributed by atoms with van der Waals surface area (Å²) in [5.41, 5.74) is 0. The van der Waals surface area contributed by atoms with Gasteiger partial charge in [0.15, 0.2) is 0 Å². The first-order chi connectivity index (χ1) is 7.90. The predicted octanol–water partition coefficient (Wildman–Crippen LogP) is 1.93. The number of epoxide rings is 2. The first kappa shape index (κ1) is 12.2. The summed E-state index contributed by atoms with van der Waals surface area (Å²) in [7, 11) is 0. The van der Waals surface area contributed by atoms with Crippen LogP contribution >= 0.6 is 23.5 Å². The first-order valence-corrected chi connectivity index (χ1v) is 10.5. The zero-order valence-electron chi connectivity index (χ0n) is 9.30. The SMILES string of the molecule is C1OC1CSC1C[Se]CC(SCC2CO2)C1. The molecule has 0 aromatic heterocycles. The normalized spacial score (nSPS) is 42.0. The molecule has 0 saturated carbocycles. The van der Waals surface area contributed by atoms with Gasteiger partial charge in [0.25, 0.3) is 0 Å². The van der Waals surface area contributed by atoms with Crippen molar-refractivity contribution in [3.8, 4) is 0 Å². The Balaban J connectivity index is 1.34. The van der Waals surface area contributed by atoms with E-state index in [0.29, 0.717) is 12.2 Å². The Morgan fingerprint density at radius 2 is 1.44 bits per heavy atom. The maximum absolute atomic E-state index is 5.28. The summed E-state index contributed by atoms with van der Waals surface area (Å²) in [5.74, 6) is 2.48. The molecule has 3 fully saturated rings. The molecule has 0 bridgehead atoms. The number of hydrogen-bond donors (Lipinski definition) is 0. The molecule has 92 valence electrons. The quantitative estimate of drug-likeness (QED) is 0.550. The van der Waals surface area contributed by atoms with E-state index in [2.05, 4.69) is 23.5 Å². The molecule has 0 aliphatic carbocycles. The van der Waals surface area contributed by atoms with E-state index in [1.54, 1.807) is 0 Å². The third-order valence-electron chi connectivity index (χ3n) is 2.97. The van der Waals surface area contributed by atoms with Crippen molar-refractivity contribution in [1.29, 1.82) is 0 Å². The second-order valence-corrected chi connectivity index (χ2v) is 9.52. The van der Waals surface area contributed by atoms with Crippen molar-refractivity contribution in [2.75, 3.05) is 24.7 Å². The van der Waals surface area contributed by atoms with Crippen LogP contribution in [0.2, 0.25) is 10.6 Å². The fourth-order valence-corrected chi connectivity index (χ4v) is 8.39. The zero-order chi connectivity index (χ0) is 10.8. The maximum atomic E-state index is 5.28. The zero-order valence-corrected chi connectivity index (χ0v) is 12.6. The minimum absolute atomic E-state index is 0.602. The Labute approximate surface area is 112 Å². The van der Waals surface area contributed by atoms with Gasteiger partial charge in [0, 0.05) is 0 Å². The number of rotatable bonds is 6. The van der Waals surface area contributed by atoms with E-state index in [4.69, 9.17) is 9.47 Å². The van der Waals surface area contributed by atoms with Gasteiger partial charge in [-0.1, -0.05) is 0 Å². The Bertz CT molecular complexity index is 212. The van der Waals surface area contributed by atoms with Crippen LogP contribution in [0.1, 0.15) is 6.42 Å². The molecule has 5 heteroatoms. The van der Waals surface area contributed by atoms with Crippen LogP contribution < -0.4 is 0 Å². The van der Waals surface area contributed by atoms with Gasteiger partial charge in [-0.3, -0.25) is 0 Å². The van der Waals surface area contributed by atoms with Crippen molar-refractivity contribution < 1.29 is 9.47 Å². The van der Waals surface area contributed by atoms with E-state index in [-0.39, 0.29) is 0 Å². The molecule has 3 aliphatic rings. The van der Waals surface area contributed by atoms with E-state index >= 15 is 0 Å². The van der Waals surface area contributed by atoms with Gasteiger partial charge in [-0.25, -0.2) is 0 Å². The summed E-state index contributed by atoms with van der Waals surface area (Å²) in [6.07, 6.45) is 2.63. The summed E-state index contributed by atoms with van der Waals surface area (Å²) in [4.78, 5) is 0. The average molecular weight is 325 g/mol. The number of hydrogen-bond acceptors (Lipinski definition) is 4. The van der Waals surface area contributed by atoms with Gasteiger partial charge in [-0.05, 0) is 0 Å². The fourth-order valence-electron chi connectivity index (χ4n) is 1.81. The molecule has 0 spiro atoms. The van der Waals surface area contributed by atoms with Gasteiger partial charge in [-0.2, -0.15) is 0 Å². The van der Waals surface area contributed by atoms with Crippen LogP contribution in [0.15, 0.2) is 0 Å².